The van der Waals surface area contributed by atoms with E-state index in [9.17, 15) is 4.79 Å². The molecule has 3 aromatic rings. The number of aromatic nitrogens is 1. The Morgan fingerprint density at radius 3 is 2.40 bits per heavy atom. The van der Waals surface area contributed by atoms with Crippen LogP contribution in [0.15, 0.2) is 42.5 Å². The molecule has 1 atom stereocenters. The number of carbonyl (C=O) groups is 1. The lowest BCUT2D eigenvalue weighted by Gasteiger charge is -2.30. The highest BCUT2D eigenvalue weighted by Crippen LogP contribution is 2.35. The monoisotopic (exact) mass is 408 g/mol. The van der Waals surface area contributed by atoms with Crippen molar-refractivity contribution in [3.8, 4) is 17.2 Å². The number of ether oxygens (including phenoxy) is 3. The summed E-state index contributed by atoms with van der Waals surface area (Å²) in [5.74, 6) is 2.19. The lowest BCUT2D eigenvalue weighted by molar-refractivity contribution is 0.0676. The Labute approximate surface area is 176 Å². The van der Waals surface area contributed by atoms with Gasteiger partial charge in [-0.2, -0.15) is 0 Å². The fourth-order valence-corrected chi connectivity index (χ4v) is 4.26. The first kappa shape index (κ1) is 20.1. The SMILES string of the molecule is COc1ccc(C2CCCCCN2C(=O)c2cc3cc(OC)cc(OC)c3[nH]2)cc1. The molecule has 0 spiro atoms. The number of hydrogen-bond acceptors (Lipinski definition) is 4. The summed E-state index contributed by atoms with van der Waals surface area (Å²) in [6.45, 7) is 0.741. The Morgan fingerprint density at radius 2 is 1.70 bits per heavy atom. The summed E-state index contributed by atoms with van der Waals surface area (Å²) < 4.78 is 16.1. The number of fused-ring (bicyclic) bond motifs is 1. The summed E-state index contributed by atoms with van der Waals surface area (Å²) >= 11 is 0. The molecule has 2 aromatic carbocycles. The minimum Gasteiger partial charge on any atom is -0.497 e. The molecule has 1 fully saturated rings. The van der Waals surface area contributed by atoms with Gasteiger partial charge in [0.1, 0.15) is 22.9 Å². The molecule has 30 heavy (non-hydrogen) atoms. The maximum absolute atomic E-state index is 13.6. The van der Waals surface area contributed by atoms with E-state index in [0.717, 1.165) is 54.4 Å². The van der Waals surface area contributed by atoms with E-state index in [0.29, 0.717) is 17.2 Å². The quantitative estimate of drug-likeness (QED) is 0.649. The molecule has 1 saturated heterocycles. The number of nitrogens with one attached hydrogen (secondary N) is 1. The number of likely N-dealkylation sites (tertiary alicyclic amines) is 1. The van der Waals surface area contributed by atoms with E-state index in [1.54, 1.807) is 21.3 Å². The lowest BCUT2D eigenvalue weighted by atomic mass is 10.0. The second kappa shape index (κ2) is 8.69. The Bertz CT molecular complexity index is 1030. The van der Waals surface area contributed by atoms with Crippen molar-refractivity contribution in [2.24, 2.45) is 0 Å². The molecule has 6 heteroatoms. The van der Waals surface area contributed by atoms with Crippen molar-refractivity contribution < 1.29 is 19.0 Å². The van der Waals surface area contributed by atoms with Gasteiger partial charge in [0.2, 0.25) is 0 Å². The van der Waals surface area contributed by atoms with Crippen LogP contribution in [-0.2, 0) is 0 Å². The fourth-order valence-electron chi connectivity index (χ4n) is 4.26. The van der Waals surface area contributed by atoms with Crippen molar-refractivity contribution in [1.29, 1.82) is 0 Å². The highest BCUT2D eigenvalue weighted by molar-refractivity contribution is 6.00. The van der Waals surface area contributed by atoms with E-state index in [1.807, 2.05) is 35.2 Å². The molecule has 1 unspecified atom stereocenters. The van der Waals surface area contributed by atoms with E-state index < -0.39 is 0 Å². The number of carbonyl (C=O) groups excluding carboxylic acids is 1. The van der Waals surface area contributed by atoms with Crippen molar-refractivity contribution in [1.82, 2.24) is 9.88 Å². The number of hydrogen-bond donors (Lipinski definition) is 1. The smallest absolute Gasteiger partial charge is 0.270 e. The molecule has 6 nitrogen and oxygen atoms in total. The Hall–Kier alpha value is -3.15. The Morgan fingerprint density at radius 1 is 0.933 bits per heavy atom. The standard InChI is InChI=1S/C24H28N2O4/c1-28-18-10-8-16(9-11-18)21-7-5-4-6-12-26(21)24(27)20-14-17-13-19(29-2)15-22(30-3)23(17)25-20/h8-11,13-15,21,25H,4-7,12H2,1-3H3. The third kappa shape index (κ3) is 3.82. The zero-order valence-electron chi connectivity index (χ0n) is 17.7. The summed E-state index contributed by atoms with van der Waals surface area (Å²) in [6.07, 6.45) is 4.21. The third-order valence-electron chi connectivity index (χ3n) is 5.87. The maximum atomic E-state index is 13.6. The first-order valence-corrected chi connectivity index (χ1v) is 10.3. The van der Waals surface area contributed by atoms with E-state index >= 15 is 0 Å². The predicted molar refractivity (Wildman–Crippen MR) is 117 cm³/mol. The van der Waals surface area contributed by atoms with Gasteiger partial charge in [-0.3, -0.25) is 4.79 Å². The van der Waals surface area contributed by atoms with E-state index in [1.165, 1.54) is 0 Å². The zero-order valence-corrected chi connectivity index (χ0v) is 17.7. The van der Waals surface area contributed by atoms with Crippen LogP contribution in [0.25, 0.3) is 10.9 Å². The van der Waals surface area contributed by atoms with Crippen LogP contribution >= 0.6 is 0 Å². The van der Waals surface area contributed by atoms with E-state index in [2.05, 4.69) is 17.1 Å². The molecule has 158 valence electrons. The van der Waals surface area contributed by atoms with Gasteiger partial charge in [0.05, 0.1) is 32.9 Å². The van der Waals surface area contributed by atoms with Crippen LogP contribution in [0, 0.1) is 0 Å². The molecular weight excluding hydrogens is 380 g/mol. The summed E-state index contributed by atoms with van der Waals surface area (Å²) in [6, 6.07) is 13.7. The largest absolute Gasteiger partial charge is 0.497 e. The third-order valence-corrected chi connectivity index (χ3v) is 5.87. The van der Waals surface area contributed by atoms with Crippen LogP contribution < -0.4 is 14.2 Å². The predicted octanol–water partition coefficient (Wildman–Crippen LogP) is 4.95. The summed E-state index contributed by atoms with van der Waals surface area (Å²) in [5.41, 5.74) is 2.51. The molecule has 0 aliphatic carbocycles. The van der Waals surface area contributed by atoms with Gasteiger partial charge in [-0.15, -0.1) is 0 Å². The van der Waals surface area contributed by atoms with Crippen molar-refractivity contribution in [3.63, 3.8) is 0 Å². The van der Waals surface area contributed by atoms with E-state index in [4.69, 9.17) is 14.2 Å². The van der Waals surface area contributed by atoms with Crippen LogP contribution in [0.4, 0.5) is 0 Å². The first-order chi connectivity index (χ1) is 14.6. The highest BCUT2D eigenvalue weighted by Gasteiger charge is 2.29. The molecule has 0 saturated carbocycles. The molecule has 2 heterocycles. The van der Waals surface area contributed by atoms with Crippen molar-refractivity contribution in [2.45, 2.75) is 31.7 Å². The minimum absolute atomic E-state index is 0.00920. The number of amides is 1. The van der Waals surface area contributed by atoms with Crippen LogP contribution in [0.5, 0.6) is 17.2 Å². The molecule has 1 aliphatic rings. The highest BCUT2D eigenvalue weighted by atomic mass is 16.5. The van der Waals surface area contributed by atoms with Crippen molar-refractivity contribution >= 4 is 16.8 Å². The second-order valence-corrected chi connectivity index (χ2v) is 7.61. The molecule has 1 N–H and O–H groups in total. The molecular formula is C24H28N2O4. The average molecular weight is 408 g/mol. The number of rotatable bonds is 5. The molecule has 1 amide bonds. The van der Waals surface area contributed by atoms with Crippen LogP contribution in [0.1, 0.15) is 47.8 Å². The van der Waals surface area contributed by atoms with Crippen LogP contribution in [0.2, 0.25) is 0 Å². The molecule has 0 radical (unpaired) electrons. The molecule has 1 aliphatic heterocycles. The molecule has 0 bridgehead atoms. The van der Waals surface area contributed by atoms with Crippen LogP contribution in [-0.4, -0.2) is 43.7 Å². The van der Waals surface area contributed by atoms with Crippen molar-refractivity contribution in [3.05, 3.63) is 53.7 Å². The Balaban J connectivity index is 1.69. The van der Waals surface area contributed by atoms with Gasteiger partial charge in [0, 0.05) is 18.0 Å². The van der Waals surface area contributed by atoms with Gasteiger partial charge in [0.15, 0.2) is 0 Å². The Kier molecular flexibility index (Phi) is 5.84. The van der Waals surface area contributed by atoms with Crippen molar-refractivity contribution in [2.75, 3.05) is 27.9 Å². The van der Waals surface area contributed by atoms with Gasteiger partial charge in [-0.25, -0.2) is 0 Å². The lowest BCUT2D eigenvalue weighted by Crippen LogP contribution is -2.35. The van der Waals surface area contributed by atoms with Gasteiger partial charge < -0.3 is 24.1 Å². The molecule has 4 rings (SSSR count). The minimum atomic E-state index is 0.00920. The topological polar surface area (TPSA) is 63.8 Å². The number of benzene rings is 2. The van der Waals surface area contributed by atoms with E-state index in [-0.39, 0.29) is 11.9 Å². The van der Waals surface area contributed by atoms with Gasteiger partial charge in [-0.05, 0) is 42.7 Å². The van der Waals surface area contributed by atoms with Crippen LogP contribution in [0.3, 0.4) is 0 Å². The summed E-state index contributed by atoms with van der Waals surface area (Å²) in [7, 11) is 4.90. The summed E-state index contributed by atoms with van der Waals surface area (Å²) in [5, 5.41) is 0.894. The molecule has 1 aromatic heterocycles. The van der Waals surface area contributed by atoms with Gasteiger partial charge in [-0.1, -0.05) is 25.0 Å². The zero-order chi connectivity index (χ0) is 21.1. The number of aromatic amines is 1. The number of nitrogens with zero attached hydrogens (tertiary/aromatic N) is 1. The average Bonchev–Trinajstić information content (AvgIpc) is 3.07. The maximum Gasteiger partial charge on any atom is 0.270 e. The van der Waals surface area contributed by atoms with Gasteiger partial charge >= 0.3 is 0 Å². The number of methoxy groups -OCH3 is 3. The summed E-state index contributed by atoms with van der Waals surface area (Å²) in [4.78, 5) is 18.9. The first-order valence-electron chi connectivity index (χ1n) is 10.3. The second-order valence-electron chi connectivity index (χ2n) is 7.61. The number of H-pyrrole nitrogens is 1. The van der Waals surface area contributed by atoms with Gasteiger partial charge in [0.25, 0.3) is 5.91 Å². The fraction of sp³-hybridized carbons (Fsp3) is 0.375. The normalized spacial score (nSPS) is 16.9.